The Hall–Kier alpha value is -1.06. The molecule has 0 aliphatic carbocycles. The van der Waals surface area contributed by atoms with Gasteiger partial charge in [0.25, 0.3) is 0 Å². The normalized spacial score (nSPS) is 12.3. The van der Waals surface area contributed by atoms with E-state index in [-0.39, 0.29) is 5.91 Å². The Labute approximate surface area is 88.2 Å². The topological polar surface area (TPSA) is 55.1 Å². The van der Waals surface area contributed by atoms with Crippen molar-refractivity contribution in [2.24, 2.45) is 5.73 Å². The van der Waals surface area contributed by atoms with Crippen LogP contribution in [0.2, 0.25) is 5.02 Å². The van der Waals surface area contributed by atoms with Crippen LogP contribution >= 0.6 is 11.6 Å². The molecule has 3 N–H and O–H groups in total. The molecule has 0 aliphatic rings. The van der Waals surface area contributed by atoms with Crippen LogP contribution in [-0.4, -0.2) is 11.9 Å². The molecule has 0 aliphatic heterocycles. The van der Waals surface area contributed by atoms with Gasteiger partial charge in [-0.3, -0.25) is 4.79 Å². The first-order valence-corrected chi connectivity index (χ1v) is 4.71. The van der Waals surface area contributed by atoms with Gasteiger partial charge in [-0.25, -0.2) is 0 Å². The van der Waals surface area contributed by atoms with Crippen LogP contribution in [0.3, 0.4) is 0 Å². The first kappa shape index (κ1) is 11.0. The van der Waals surface area contributed by atoms with Crippen LogP contribution in [-0.2, 0) is 4.79 Å². The number of nitrogens with one attached hydrogen (secondary N) is 1. The highest BCUT2D eigenvalue weighted by molar-refractivity contribution is 6.31. The number of carbonyl (C=O) groups excluding carboxylic acids is 1. The lowest BCUT2D eigenvalue weighted by Gasteiger charge is -2.10. The second kappa shape index (κ2) is 4.44. The minimum Gasteiger partial charge on any atom is -0.324 e. The number of amides is 1. The van der Waals surface area contributed by atoms with Crippen LogP contribution in [0.1, 0.15) is 12.5 Å². The third-order valence-electron chi connectivity index (χ3n) is 1.87. The third-order valence-corrected chi connectivity index (χ3v) is 2.11. The van der Waals surface area contributed by atoms with Crippen LogP contribution < -0.4 is 11.1 Å². The van der Waals surface area contributed by atoms with Crippen molar-refractivity contribution in [1.82, 2.24) is 0 Å². The first-order valence-electron chi connectivity index (χ1n) is 4.33. The number of hydrogen-bond acceptors (Lipinski definition) is 2. The van der Waals surface area contributed by atoms with Crippen LogP contribution in [0.25, 0.3) is 0 Å². The van der Waals surface area contributed by atoms with E-state index in [0.29, 0.717) is 10.7 Å². The molecule has 3 nitrogen and oxygen atoms in total. The zero-order valence-electron chi connectivity index (χ0n) is 8.17. The minimum absolute atomic E-state index is 0.213. The Bertz CT molecular complexity index is 350. The maximum atomic E-state index is 11.3. The van der Waals surface area contributed by atoms with Gasteiger partial charge in [0.2, 0.25) is 5.91 Å². The van der Waals surface area contributed by atoms with Crippen molar-refractivity contribution in [2.45, 2.75) is 19.9 Å². The summed E-state index contributed by atoms with van der Waals surface area (Å²) in [7, 11) is 0. The smallest absolute Gasteiger partial charge is 0.241 e. The number of benzene rings is 1. The summed E-state index contributed by atoms with van der Waals surface area (Å²) >= 11 is 5.80. The van der Waals surface area contributed by atoms with Crippen LogP contribution in [0.15, 0.2) is 18.2 Å². The van der Waals surface area contributed by atoms with Crippen molar-refractivity contribution in [2.75, 3.05) is 5.32 Å². The summed E-state index contributed by atoms with van der Waals surface area (Å²) in [5, 5.41) is 3.30. The lowest BCUT2D eigenvalue weighted by molar-refractivity contribution is -0.117. The molecule has 0 saturated heterocycles. The van der Waals surface area contributed by atoms with E-state index in [2.05, 4.69) is 5.32 Å². The van der Waals surface area contributed by atoms with Crippen LogP contribution in [0, 0.1) is 6.92 Å². The molecule has 0 radical (unpaired) electrons. The molecule has 1 atom stereocenters. The molecule has 14 heavy (non-hydrogen) atoms. The molecular formula is C10H13ClN2O. The fourth-order valence-electron chi connectivity index (χ4n) is 0.975. The Balaban J connectivity index is 2.86. The van der Waals surface area contributed by atoms with E-state index >= 15 is 0 Å². The monoisotopic (exact) mass is 212 g/mol. The molecule has 1 aromatic carbocycles. The number of anilines is 1. The summed E-state index contributed by atoms with van der Waals surface area (Å²) in [6.07, 6.45) is 0. The van der Waals surface area contributed by atoms with E-state index in [1.807, 2.05) is 13.0 Å². The highest BCUT2D eigenvalue weighted by Crippen LogP contribution is 2.20. The molecular weight excluding hydrogens is 200 g/mol. The van der Waals surface area contributed by atoms with Gasteiger partial charge in [0.15, 0.2) is 0 Å². The summed E-state index contributed by atoms with van der Waals surface area (Å²) < 4.78 is 0. The number of rotatable bonds is 2. The molecule has 0 unspecified atom stereocenters. The summed E-state index contributed by atoms with van der Waals surface area (Å²) in [5.41, 5.74) is 7.10. The summed E-state index contributed by atoms with van der Waals surface area (Å²) in [6.45, 7) is 3.53. The standard InChI is InChI=1S/C10H13ClN2O/c1-6-3-4-8(11)5-9(6)13-10(14)7(2)12/h3-5,7H,12H2,1-2H3,(H,13,14)/t7-/m1/s1. The van der Waals surface area contributed by atoms with Crippen LogP contribution in [0.4, 0.5) is 5.69 Å². The van der Waals surface area contributed by atoms with Gasteiger partial charge in [-0.1, -0.05) is 17.7 Å². The third kappa shape index (κ3) is 2.72. The van der Waals surface area contributed by atoms with E-state index in [9.17, 15) is 4.79 Å². The zero-order chi connectivity index (χ0) is 10.7. The van der Waals surface area contributed by atoms with Crippen molar-refractivity contribution < 1.29 is 4.79 Å². The molecule has 0 heterocycles. The predicted molar refractivity (Wildman–Crippen MR) is 58.5 cm³/mol. The van der Waals surface area contributed by atoms with E-state index in [4.69, 9.17) is 17.3 Å². The van der Waals surface area contributed by atoms with E-state index in [0.717, 1.165) is 5.56 Å². The number of aryl methyl sites for hydroxylation is 1. The van der Waals surface area contributed by atoms with Crippen molar-refractivity contribution in [3.05, 3.63) is 28.8 Å². The molecule has 4 heteroatoms. The van der Waals surface area contributed by atoms with Gasteiger partial charge >= 0.3 is 0 Å². The first-order chi connectivity index (χ1) is 6.50. The second-order valence-corrected chi connectivity index (χ2v) is 3.67. The zero-order valence-corrected chi connectivity index (χ0v) is 8.93. The van der Waals surface area contributed by atoms with Gasteiger partial charge in [0.1, 0.15) is 0 Å². The molecule has 1 amide bonds. The van der Waals surface area contributed by atoms with Gasteiger partial charge < -0.3 is 11.1 Å². The van der Waals surface area contributed by atoms with E-state index in [1.54, 1.807) is 19.1 Å². The maximum absolute atomic E-state index is 11.3. The van der Waals surface area contributed by atoms with Gasteiger partial charge in [0, 0.05) is 10.7 Å². The predicted octanol–water partition coefficient (Wildman–Crippen LogP) is 1.93. The molecule has 0 bridgehead atoms. The van der Waals surface area contributed by atoms with Crippen molar-refractivity contribution in [3.8, 4) is 0 Å². The van der Waals surface area contributed by atoms with Gasteiger partial charge in [-0.15, -0.1) is 0 Å². The quantitative estimate of drug-likeness (QED) is 0.787. The number of halogens is 1. The average molecular weight is 213 g/mol. The molecule has 1 rings (SSSR count). The fourth-order valence-corrected chi connectivity index (χ4v) is 1.15. The fraction of sp³-hybridized carbons (Fsp3) is 0.300. The molecule has 1 aromatic rings. The summed E-state index contributed by atoms with van der Waals surface area (Å²) in [5.74, 6) is -0.213. The minimum atomic E-state index is -0.520. The highest BCUT2D eigenvalue weighted by atomic mass is 35.5. The number of carbonyl (C=O) groups is 1. The molecule has 0 saturated carbocycles. The summed E-state index contributed by atoms with van der Waals surface area (Å²) in [6, 6.07) is 4.81. The average Bonchev–Trinajstić information content (AvgIpc) is 2.11. The lowest BCUT2D eigenvalue weighted by atomic mass is 10.2. The Kier molecular flexibility index (Phi) is 3.49. The Morgan fingerprint density at radius 3 is 2.79 bits per heavy atom. The SMILES string of the molecule is Cc1ccc(Cl)cc1NC(=O)[C@@H](C)N. The Morgan fingerprint density at radius 1 is 1.57 bits per heavy atom. The van der Waals surface area contributed by atoms with Gasteiger partial charge in [0.05, 0.1) is 6.04 Å². The molecule has 0 spiro atoms. The highest BCUT2D eigenvalue weighted by Gasteiger charge is 2.08. The van der Waals surface area contributed by atoms with Gasteiger partial charge in [-0.05, 0) is 31.5 Å². The largest absolute Gasteiger partial charge is 0.324 e. The molecule has 0 fully saturated rings. The van der Waals surface area contributed by atoms with Crippen molar-refractivity contribution in [3.63, 3.8) is 0 Å². The van der Waals surface area contributed by atoms with Crippen LogP contribution in [0.5, 0.6) is 0 Å². The number of hydrogen-bond donors (Lipinski definition) is 2. The second-order valence-electron chi connectivity index (χ2n) is 3.24. The van der Waals surface area contributed by atoms with E-state index < -0.39 is 6.04 Å². The number of nitrogens with two attached hydrogens (primary N) is 1. The summed E-state index contributed by atoms with van der Waals surface area (Å²) in [4.78, 5) is 11.3. The molecule has 76 valence electrons. The lowest BCUT2D eigenvalue weighted by Crippen LogP contribution is -2.32. The van der Waals surface area contributed by atoms with Gasteiger partial charge in [-0.2, -0.15) is 0 Å². The molecule has 0 aromatic heterocycles. The van der Waals surface area contributed by atoms with Crippen molar-refractivity contribution in [1.29, 1.82) is 0 Å². The maximum Gasteiger partial charge on any atom is 0.241 e. The van der Waals surface area contributed by atoms with E-state index in [1.165, 1.54) is 0 Å². The Morgan fingerprint density at radius 2 is 2.21 bits per heavy atom. The van der Waals surface area contributed by atoms with Crippen molar-refractivity contribution >= 4 is 23.2 Å².